The Balaban J connectivity index is 1.67. The summed E-state index contributed by atoms with van der Waals surface area (Å²) < 4.78 is 0. The number of hydrogen-bond acceptors (Lipinski definition) is 1. The van der Waals surface area contributed by atoms with Crippen LogP contribution < -0.4 is 0 Å². The van der Waals surface area contributed by atoms with Gasteiger partial charge in [0, 0.05) is 5.25 Å². The van der Waals surface area contributed by atoms with Gasteiger partial charge in [0.15, 0.2) is 0 Å². The third kappa shape index (κ3) is 3.40. The van der Waals surface area contributed by atoms with Gasteiger partial charge < -0.3 is 0 Å². The van der Waals surface area contributed by atoms with E-state index in [9.17, 15) is 0 Å². The zero-order valence-electron chi connectivity index (χ0n) is 15.3. The quantitative estimate of drug-likeness (QED) is 0.366. The summed E-state index contributed by atoms with van der Waals surface area (Å²) in [7, 11) is 0. The molecule has 0 N–H and O–H groups in total. The summed E-state index contributed by atoms with van der Waals surface area (Å²) in [4.78, 5) is 0. The van der Waals surface area contributed by atoms with Gasteiger partial charge in [-0.05, 0) is 69.0 Å². The molecule has 27 heavy (non-hydrogen) atoms. The van der Waals surface area contributed by atoms with Crippen LogP contribution in [0.4, 0.5) is 0 Å². The summed E-state index contributed by atoms with van der Waals surface area (Å²) in [6.45, 7) is 0. The third-order valence-corrected chi connectivity index (χ3v) is 6.76. The van der Waals surface area contributed by atoms with Gasteiger partial charge in [0.25, 0.3) is 0 Å². The fourth-order valence-electron chi connectivity index (χ4n) is 3.99. The van der Waals surface area contributed by atoms with Crippen LogP contribution in [0.1, 0.15) is 24.0 Å². The lowest BCUT2D eigenvalue weighted by molar-refractivity contribution is 0.881. The molecule has 1 aliphatic heterocycles. The highest BCUT2D eigenvalue weighted by molar-refractivity contribution is 8.00. The Morgan fingerprint density at radius 1 is 0.704 bits per heavy atom. The highest BCUT2D eigenvalue weighted by atomic mass is 32.2. The molecule has 1 saturated heterocycles. The molecule has 0 radical (unpaired) electrons. The minimum Gasteiger partial charge on any atom is -0.154 e. The highest BCUT2D eigenvalue weighted by Crippen LogP contribution is 2.34. The average Bonchev–Trinajstić information content (AvgIpc) is 3.25. The third-order valence-electron chi connectivity index (χ3n) is 5.44. The van der Waals surface area contributed by atoms with Crippen molar-refractivity contribution in [1.29, 1.82) is 0 Å². The van der Waals surface area contributed by atoms with Crippen LogP contribution >= 0.6 is 11.8 Å². The Kier molecular flexibility index (Phi) is 4.47. The van der Waals surface area contributed by atoms with Crippen molar-refractivity contribution in [3.8, 4) is 0 Å². The van der Waals surface area contributed by atoms with Crippen LogP contribution in [0.3, 0.4) is 0 Å². The smallest absolute Gasteiger partial charge is 0.0236 e. The predicted molar refractivity (Wildman–Crippen MR) is 120 cm³/mol. The summed E-state index contributed by atoms with van der Waals surface area (Å²) in [6, 6.07) is 31.0. The summed E-state index contributed by atoms with van der Waals surface area (Å²) in [5.41, 5.74) is 4.00. The van der Waals surface area contributed by atoms with E-state index in [1.807, 2.05) is 0 Å². The van der Waals surface area contributed by atoms with Gasteiger partial charge in [0.05, 0.1) is 0 Å². The molecule has 1 atom stereocenters. The van der Waals surface area contributed by atoms with Gasteiger partial charge in [0.2, 0.25) is 0 Å². The van der Waals surface area contributed by atoms with Gasteiger partial charge in [-0.2, -0.15) is 11.8 Å². The molecule has 0 nitrogen and oxygen atoms in total. The van der Waals surface area contributed by atoms with E-state index in [0.29, 0.717) is 5.25 Å². The molecule has 0 bridgehead atoms. The van der Waals surface area contributed by atoms with Crippen molar-refractivity contribution >= 4 is 38.9 Å². The minimum absolute atomic E-state index is 0.623. The lowest BCUT2D eigenvalue weighted by atomic mass is 9.93. The van der Waals surface area contributed by atoms with E-state index in [2.05, 4.69) is 103 Å². The van der Waals surface area contributed by atoms with E-state index in [1.54, 1.807) is 0 Å². The molecule has 4 aromatic carbocycles. The van der Waals surface area contributed by atoms with Crippen LogP contribution in [0.5, 0.6) is 0 Å². The number of rotatable bonds is 3. The van der Waals surface area contributed by atoms with Gasteiger partial charge in [-0.15, -0.1) is 0 Å². The molecule has 4 aromatic rings. The van der Waals surface area contributed by atoms with Crippen LogP contribution in [0.2, 0.25) is 0 Å². The summed E-state index contributed by atoms with van der Waals surface area (Å²) >= 11 is 2.09. The van der Waals surface area contributed by atoms with Crippen molar-refractivity contribution in [3.63, 3.8) is 0 Å². The van der Waals surface area contributed by atoms with Crippen LogP contribution in [-0.4, -0.2) is 11.0 Å². The van der Waals surface area contributed by atoms with E-state index >= 15 is 0 Å². The van der Waals surface area contributed by atoms with Gasteiger partial charge in [-0.3, -0.25) is 0 Å². The number of benzene rings is 4. The molecule has 0 aliphatic carbocycles. The molecular weight excluding hydrogens is 344 g/mol. The first-order valence-corrected chi connectivity index (χ1v) is 10.7. The van der Waals surface area contributed by atoms with Crippen LogP contribution in [0, 0.1) is 0 Å². The van der Waals surface area contributed by atoms with Gasteiger partial charge in [-0.1, -0.05) is 78.9 Å². The molecule has 1 fully saturated rings. The number of fused-ring (bicyclic) bond motifs is 2. The van der Waals surface area contributed by atoms with E-state index in [1.165, 1.54) is 56.8 Å². The van der Waals surface area contributed by atoms with Crippen LogP contribution in [0.15, 0.2) is 91.0 Å². The van der Waals surface area contributed by atoms with E-state index in [0.717, 1.165) is 0 Å². The SMILES string of the molecule is C(=C(c1ccc2ccccc2c1)c1ccc2ccccc2c1)C1CCCS1. The molecule has 0 amide bonds. The first-order valence-electron chi connectivity index (χ1n) is 9.69. The topological polar surface area (TPSA) is 0 Å². The Bertz CT molecular complexity index is 1050. The summed E-state index contributed by atoms with van der Waals surface area (Å²) in [5, 5.41) is 5.84. The maximum absolute atomic E-state index is 2.51. The fourth-order valence-corrected chi connectivity index (χ4v) is 5.19. The number of thioether (sulfide) groups is 1. The zero-order valence-corrected chi connectivity index (χ0v) is 16.1. The minimum atomic E-state index is 0.623. The molecule has 1 heterocycles. The summed E-state index contributed by atoms with van der Waals surface area (Å²) in [6.07, 6.45) is 5.12. The molecule has 5 rings (SSSR count). The van der Waals surface area contributed by atoms with Crippen molar-refractivity contribution in [2.24, 2.45) is 0 Å². The zero-order chi connectivity index (χ0) is 18.1. The van der Waals surface area contributed by atoms with Crippen molar-refractivity contribution < 1.29 is 0 Å². The van der Waals surface area contributed by atoms with Crippen molar-refractivity contribution in [2.75, 3.05) is 5.75 Å². The number of hydrogen-bond donors (Lipinski definition) is 0. The molecular formula is C26H22S. The maximum atomic E-state index is 2.51. The monoisotopic (exact) mass is 366 g/mol. The van der Waals surface area contributed by atoms with Crippen molar-refractivity contribution in [2.45, 2.75) is 18.1 Å². The van der Waals surface area contributed by atoms with E-state index < -0.39 is 0 Å². The predicted octanol–water partition coefficient (Wildman–Crippen LogP) is 7.32. The molecule has 1 heteroatoms. The standard InChI is InChI=1S/C26H22S/c1-3-8-21-16-23(13-11-19(21)6-1)26(18-25-10-5-15-27-25)24-14-12-20-7-2-4-9-22(20)17-24/h1-4,6-9,11-14,16-18,25H,5,10,15H2. The second-order valence-electron chi connectivity index (χ2n) is 7.26. The van der Waals surface area contributed by atoms with Gasteiger partial charge >= 0.3 is 0 Å². The van der Waals surface area contributed by atoms with E-state index in [4.69, 9.17) is 0 Å². The lowest BCUT2D eigenvalue weighted by Crippen LogP contribution is -1.96. The van der Waals surface area contributed by atoms with Crippen molar-refractivity contribution in [3.05, 3.63) is 102 Å². The summed E-state index contributed by atoms with van der Waals surface area (Å²) in [5.74, 6) is 1.28. The van der Waals surface area contributed by atoms with E-state index in [-0.39, 0.29) is 0 Å². The Labute approximate surface area is 164 Å². The largest absolute Gasteiger partial charge is 0.154 e. The molecule has 1 aliphatic rings. The molecule has 0 aromatic heterocycles. The molecule has 0 saturated carbocycles. The van der Waals surface area contributed by atoms with Gasteiger partial charge in [0.1, 0.15) is 0 Å². The maximum Gasteiger partial charge on any atom is 0.0236 e. The first-order chi connectivity index (χ1) is 13.4. The Hall–Kier alpha value is -2.51. The Morgan fingerprint density at radius 2 is 1.26 bits per heavy atom. The van der Waals surface area contributed by atoms with Crippen molar-refractivity contribution in [1.82, 2.24) is 0 Å². The second kappa shape index (κ2) is 7.25. The van der Waals surface area contributed by atoms with Crippen LogP contribution in [-0.2, 0) is 0 Å². The van der Waals surface area contributed by atoms with Crippen LogP contribution in [0.25, 0.3) is 27.1 Å². The fraction of sp³-hybridized carbons (Fsp3) is 0.154. The lowest BCUT2D eigenvalue weighted by Gasteiger charge is -2.14. The normalized spacial score (nSPS) is 16.7. The van der Waals surface area contributed by atoms with Gasteiger partial charge in [-0.25, -0.2) is 0 Å². The molecule has 0 spiro atoms. The Morgan fingerprint density at radius 3 is 1.78 bits per heavy atom. The highest BCUT2D eigenvalue weighted by Gasteiger charge is 2.16. The average molecular weight is 367 g/mol. The second-order valence-corrected chi connectivity index (χ2v) is 8.60. The molecule has 132 valence electrons. The first kappa shape index (κ1) is 16.6. The molecule has 1 unspecified atom stereocenters.